The van der Waals surface area contributed by atoms with Crippen LogP contribution < -0.4 is 0 Å². The molecule has 1 fully saturated rings. The van der Waals surface area contributed by atoms with Crippen molar-refractivity contribution < 1.29 is 14.6 Å². The van der Waals surface area contributed by atoms with Gasteiger partial charge in [0, 0.05) is 19.8 Å². The maximum absolute atomic E-state index is 11.6. The number of likely N-dealkylation sites (tertiary alicyclic amines) is 1. The largest absolute Gasteiger partial charge is 0.480 e. The van der Waals surface area contributed by atoms with E-state index >= 15 is 0 Å². The lowest BCUT2D eigenvalue weighted by molar-refractivity contribution is -0.155. The highest BCUT2D eigenvalue weighted by atomic mass is 16.5. The Bertz CT molecular complexity index is 257. The second-order valence-electron chi connectivity index (χ2n) is 5.07. The maximum atomic E-state index is 11.6. The number of methoxy groups -OCH3 is 1. The SMILES string of the molecule is CCC1CCCCN1C(C)(CCOC)C(=O)O. The Morgan fingerprint density at radius 3 is 2.76 bits per heavy atom. The van der Waals surface area contributed by atoms with Crippen LogP contribution in [0.3, 0.4) is 0 Å². The molecule has 0 radical (unpaired) electrons. The minimum Gasteiger partial charge on any atom is -0.480 e. The van der Waals surface area contributed by atoms with Crippen LogP contribution in [0, 0.1) is 0 Å². The average molecular weight is 243 g/mol. The first-order valence-electron chi connectivity index (χ1n) is 6.55. The summed E-state index contributed by atoms with van der Waals surface area (Å²) in [6.07, 6.45) is 5.01. The van der Waals surface area contributed by atoms with E-state index in [1.165, 1.54) is 6.42 Å². The fourth-order valence-electron chi connectivity index (χ4n) is 2.75. The number of hydrogen-bond acceptors (Lipinski definition) is 3. The van der Waals surface area contributed by atoms with Crippen LogP contribution in [0.4, 0.5) is 0 Å². The maximum Gasteiger partial charge on any atom is 0.323 e. The first kappa shape index (κ1) is 14.5. The van der Waals surface area contributed by atoms with Crippen molar-refractivity contribution >= 4 is 5.97 Å². The molecule has 0 aromatic rings. The minimum atomic E-state index is -0.781. The number of nitrogens with zero attached hydrogens (tertiary/aromatic N) is 1. The van der Waals surface area contributed by atoms with Gasteiger partial charge in [-0.1, -0.05) is 13.3 Å². The molecule has 0 aromatic heterocycles. The third-order valence-corrected chi connectivity index (χ3v) is 3.99. The molecule has 100 valence electrons. The zero-order chi connectivity index (χ0) is 12.9. The number of carboxylic acids is 1. The van der Waals surface area contributed by atoms with Crippen LogP contribution in [0.5, 0.6) is 0 Å². The third-order valence-electron chi connectivity index (χ3n) is 3.99. The summed E-state index contributed by atoms with van der Waals surface area (Å²) in [5, 5.41) is 9.53. The molecule has 0 aliphatic carbocycles. The lowest BCUT2D eigenvalue weighted by atomic mass is 9.88. The highest BCUT2D eigenvalue weighted by Crippen LogP contribution is 2.30. The van der Waals surface area contributed by atoms with Gasteiger partial charge >= 0.3 is 5.97 Å². The van der Waals surface area contributed by atoms with Gasteiger partial charge in [0.2, 0.25) is 0 Å². The van der Waals surface area contributed by atoms with Gasteiger partial charge in [-0.25, -0.2) is 0 Å². The average Bonchev–Trinajstić information content (AvgIpc) is 2.35. The fourth-order valence-corrected chi connectivity index (χ4v) is 2.75. The summed E-state index contributed by atoms with van der Waals surface area (Å²) in [5.74, 6) is -0.727. The second-order valence-corrected chi connectivity index (χ2v) is 5.07. The van der Waals surface area contributed by atoms with E-state index in [0.29, 0.717) is 19.1 Å². The van der Waals surface area contributed by atoms with Gasteiger partial charge in [0.25, 0.3) is 0 Å². The molecule has 0 bridgehead atoms. The van der Waals surface area contributed by atoms with Crippen molar-refractivity contribution in [2.24, 2.45) is 0 Å². The summed E-state index contributed by atoms with van der Waals surface area (Å²) in [4.78, 5) is 13.8. The predicted octanol–water partition coefficient (Wildman–Crippen LogP) is 2.13. The molecule has 1 aliphatic rings. The summed E-state index contributed by atoms with van der Waals surface area (Å²) in [5.41, 5.74) is -0.781. The van der Waals surface area contributed by atoms with Gasteiger partial charge in [-0.05, 0) is 39.2 Å². The number of carbonyl (C=O) groups is 1. The monoisotopic (exact) mass is 243 g/mol. The van der Waals surface area contributed by atoms with Gasteiger partial charge in [0.05, 0.1) is 0 Å². The van der Waals surface area contributed by atoms with E-state index in [-0.39, 0.29) is 0 Å². The lowest BCUT2D eigenvalue weighted by Crippen LogP contribution is -2.58. The zero-order valence-corrected chi connectivity index (χ0v) is 11.2. The predicted molar refractivity (Wildman–Crippen MR) is 67.2 cm³/mol. The number of piperidine rings is 1. The molecule has 0 spiro atoms. The normalized spacial score (nSPS) is 25.5. The van der Waals surface area contributed by atoms with Crippen molar-refractivity contribution in [3.8, 4) is 0 Å². The molecule has 4 heteroatoms. The first-order chi connectivity index (χ1) is 8.06. The Morgan fingerprint density at radius 2 is 2.24 bits per heavy atom. The van der Waals surface area contributed by atoms with E-state index in [2.05, 4.69) is 11.8 Å². The topological polar surface area (TPSA) is 49.8 Å². The van der Waals surface area contributed by atoms with E-state index in [9.17, 15) is 9.90 Å². The third kappa shape index (κ3) is 3.19. The van der Waals surface area contributed by atoms with E-state index < -0.39 is 11.5 Å². The summed E-state index contributed by atoms with van der Waals surface area (Å²) in [7, 11) is 1.62. The van der Waals surface area contributed by atoms with E-state index in [1.807, 2.05) is 6.92 Å². The number of ether oxygens (including phenoxy) is 1. The molecular formula is C13H25NO3. The molecule has 1 N–H and O–H groups in total. The van der Waals surface area contributed by atoms with Crippen molar-refractivity contribution in [3.63, 3.8) is 0 Å². The highest BCUT2D eigenvalue weighted by molar-refractivity contribution is 5.78. The Morgan fingerprint density at radius 1 is 1.53 bits per heavy atom. The van der Waals surface area contributed by atoms with Gasteiger partial charge in [0.15, 0.2) is 0 Å². The van der Waals surface area contributed by atoms with Gasteiger partial charge in [-0.3, -0.25) is 9.69 Å². The molecule has 0 amide bonds. The smallest absolute Gasteiger partial charge is 0.323 e. The van der Waals surface area contributed by atoms with Crippen LogP contribution >= 0.6 is 0 Å². The Kier molecular flexibility index (Phi) is 5.40. The molecule has 1 heterocycles. The molecule has 17 heavy (non-hydrogen) atoms. The summed E-state index contributed by atoms with van der Waals surface area (Å²) >= 11 is 0. The van der Waals surface area contributed by atoms with E-state index in [4.69, 9.17) is 4.74 Å². The van der Waals surface area contributed by atoms with Crippen molar-refractivity contribution in [1.29, 1.82) is 0 Å². The molecule has 2 atom stereocenters. The van der Waals surface area contributed by atoms with Crippen LogP contribution in [0.1, 0.15) is 46.0 Å². The van der Waals surface area contributed by atoms with Crippen LogP contribution in [-0.4, -0.2) is 47.8 Å². The molecule has 0 aromatic carbocycles. The second kappa shape index (κ2) is 6.36. The van der Waals surface area contributed by atoms with Crippen LogP contribution in [0.15, 0.2) is 0 Å². The van der Waals surface area contributed by atoms with Crippen molar-refractivity contribution in [2.75, 3.05) is 20.3 Å². The van der Waals surface area contributed by atoms with Crippen LogP contribution in [0.2, 0.25) is 0 Å². The van der Waals surface area contributed by atoms with Gasteiger partial charge in [-0.2, -0.15) is 0 Å². The fraction of sp³-hybridized carbons (Fsp3) is 0.923. The molecule has 0 saturated carbocycles. The first-order valence-corrected chi connectivity index (χ1v) is 6.55. The molecular weight excluding hydrogens is 218 g/mol. The molecule has 4 nitrogen and oxygen atoms in total. The number of rotatable bonds is 6. The molecule has 1 aliphatic heterocycles. The van der Waals surface area contributed by atoms with Crippen molar-refractivity contribution in [2.45, 2.75) is 57.5 Å². The molecule has 2 unspecified atom stereocenters. The quantitative estimate of drug-likeness (QED) is 0.776. The number of aliphatic carboxylic acids is 1. The van der Waals surface area contributed by atoms with Gasteiger partial charge < -0.3 is 9.84 Å². The zero-order valence-electron chi connectivity index (χ0n) is 11.2. The molecule has 1 rings (SSSR count). The van der Waals surface area contributed by atoms with Crippen LogP contribution in [-0.2, 0) is 9.53 Å². The number of carboxylic acid groups (broad SMARTS) is 1. The Labute approximate surface area is 104 Å². The van der Waals surface area contributed by atoms with E-state index in [1.54, 1.807) is 7.11 Å². The van der Waals surface area contributed by atoms with Gasteiger partial charge in [-0.15, -0.1) is 0 Å². The summed E-state index contributed by atoms with van der Waals surface area (Å²) < 4.78 is 5.06. The van der Waals surface area contributed by atoms with Gasteiger partial charge in [0.1, 0.15) is 5.54 Å². The van der Waals surface area contributed by atoms with Crippen LogP contribution in [0.25, 0.3) is 0 Å². The lowest BCUT2D eigenvalue weighted by Gasteiger charge is -2.45. The van der Waals surface area contributed by atoms with Crippen molar-refractivity contribution in [1.82, 2.24) is 4.90 Å². The standard InChI is InChI=1S/C13H25NO3/c1-4-11-7-5-6-9-14(11)13(2,12(15)16)8-10-17-3/h11H,4-10H2,1-3H3,(H,15,16). The van der Waals surface area contributed by atoms with E-state index in [0.717, 1.165) is 25.8 Å². The Hall–Kier alpha value is -0.610. The summed E-state index contributed by atoms with van der Waals surface area (Å²) in [6.45, 7) is 5.37. The minimum absolute atomic E-state index is 0.404. The highest BCUT2D eigenvalue weighted by Gasteiger charge is 2.42. The number of hydrogen-bond donors (Lipinski definition) is 1. The van der Waals surface area contributed by atoms with Crippen molar-refractivity contribution in [3.05, 3.63) is 0 Å². The Balaban J connectivity index is 2.83. The summed E-state index contributed by atoms with van der Waals surface area (Å²) in [6, 6.07) is 0.404. The molecule has 1 saturated heterocycles.